The van der Waals surface area contributed by atoms with Crippen LogP contribution in [0.4, 0.5) is 0 Å². The van der Waals surface area contributed by atoms with E-state index in [0.29, 0.717) is 18.6 Å². The number of hydrogen-bond donors (Lipinski definition) is 1. The van der Waals surface area contributed by atoms with E-state index >= 15 is 0 Å². The van der Waals surface area contributed by atoms with Crippen molar-refractivity contribution in [2.45, 2.75) is 31.8 Å². The quantitative estimate of drug-likeness (QED) is 0.547. The van der Waals surface area contributed by atoms with E-state index in [1.807, 2.05) is 11.8 Å². The van der Waals surface area contributed by atoms with Crippen molar-refractivity contribution >= 4 is 11.8 Å². The molecule has 0 radical (unpaired) electrons. The Morgan fingerprint density at radius 3 is 2.50 bits per heavy atom. The summed E-state index contributed by atoms with van der Waals surface area (Å²) >= 11 is 1.89. The highest BCUT2D eigenvalue weighted by Crippen LogP contribution is 2.12. The molecule has 0 amide bonds. The van der Waals surface area contributed by atoms with E-state index in [1.165, 1.54) is 12.2 Å². The molecule has 0 spiro atoms. The minimum atomic E-state index is 0.382. The molecule has 110 valence electrons. The zero-order chi connectivity index (χ0) is 13.8. The minimum Gasteiger partial charge on any atom is -0.383 e. The fourth-order valence-corrected chi connectivity index (χ4v) is 2.63. The van der Waals surface area contributed by atoms with Crippen LogP contribution in [-0.4, -0.2) is 69.5 Å². The standard InChI is InChI=1S/C13H30N2O2S/c1-12(11-17-3)15(7-8-16-2)13(10-14)6-5-9-18-4/h12-13H,5-11,14H2,1-4H3. The zero-order valence-electron chi connectivity index (χ0n) is 12.4. The predicted octanol–water partition coefficient (Wildman–Crippen LogP) is 1.44. The molecular weight excluding hydrogens is 248 g/mol. The maximum atomic E-state index is 5.93. The third-order valence-electron chi connectivity index (χ3n) is 3.15. The number of thioether (sulfide) groups is 1. The largest absolute Gasteiger partial charge is 0.383 e. The van der Waals surface area contributed by atoms with Gasteiger partial charge in [-0.05, 0) is 31.8 Å². The fourth-order valence-electron chi connectivity index (χ4n) is 2.18. The Morgan fingerprint density at radius 1 is 1.28 bits per heavy atom. The molecule has 4 nitrogen and oxygen atoms in total. The highest BCUT2D eigenvalue weighted by atomic mass is 32.2. The molecule has 0 aliphatic carbocycles. The first-order chi connectivity index (χ1) is 8.71. The second-order valence-corrected chi connectivity index (χ2v) is 5.55. The number of nitrogens with zero attached hydrogens (tertiary/aromatic N) is 1. The molecule has 2 unspecified atom stereocenters. The summed E-state index contributed by atoms with van der Waals surface area (Å²) in [6.07, 6.45) is 4.51. The second-order valence-electron chi connectivity index (χ2n) is 4.56. The Bertz CT molecular complexity index is 184. The summed E-state index contributed by atoms with van der Waals surface area (Å²) in [6, 6.07) is 0.811. The van der Waals surface area contributed by atoms with Gasteiger partial charge < -0.3 is 15.2 Å². The van der Waals surface area contributed by atoms with Crippen molar-refractivity contribution in [2.75, 3.05) is 52.5 Å². The second kappa shape index (κ2) is 12.2. The lowest BCUT2D eigenvalue weighted by Gasteiger charge is -2.35. The van der Waals surface area contributed by atoms with Gasteiger partial charge in [0.05, 0.1) is 13.2 Å². The average Bonchev–Trinajstić information content (AvgIpc) is 2.37. The topological polar surface area (TPSA) is 47.7 Å². The van der Waals surface area contributed by atoms with Crippen LogP contribution in [-0.2, 0) is 9.47 Å². The molecule has 0 fully saturated rings. The van der Waals surface area contributed by atoms with E-state index in [2.05, 4.69) is 18.1 Å². The molecule has 0 bridgehead atoms. The minimum absolute atomic E-state index is 0.382. The lowest BCUT2D eigenvalue weighted by Crippen LogP contribution is -2.48. The summed E-state index contributed by atoms with van der Waals surface area (Å²) in [4.78, 5) is 2.42. The fraction of sp³-hybridized carbons (Fsp3) is 1.00. The van der Waals surface area contributed by atoms with Gasteiger partial charge in [0, 0.05) is 39.4 Å². The summed E-state index contributed by atoms with van der Waals surface area (Å²) in [6.45, 7) is 5.29. The van der Waals surface area contributed by atoms with E-state index in [9.17, 15) is 0 Å². The van der Waals surface area contributed by atoms with Crippen LogP contribution < -0.4 is 5.73 Å². The van der Waals surface area contributed by atoms with Gasteiger partial charge in [0.25, 0.3) is 0 Å². The maximum absolute atomic E-state index is 5.93. The Balaban J connectivity index is 4.35. The molecule has 18 heavy (non-hydrogen) atoms. The van der Waals surface area contributed by atoms with Crippen molar-refractivity contribution in [2.24, 2.45) is 5.73 Å². The van der Waals surface area contributed by atoms with Gasteiger partial charge in [0.2, 0.25) is 0 Å². The molecule has 2 N–H and O–H groups in total. The molecule has 0 saturated heterocycles. The Morgan fingerprint density at radius 2 is 2.00 bits per heavy atom. The van der Waals surface area contributed by atoms with Crippen molar-refractivity contribution in [1.82, 2.24) is 4.90 Å². The van der Waals surface area contributed by atoms with E-state index in [4.69, 9.17) is 15.2 Å². The van der Waals surface area contributed by atoms with Crippen LogP contribution in [0, 0.1) is 0 Å². The maximum Gasteiger partial charge on any atom is 0.0615 e. The molecule has 5 heteroatoms. The zero-order valence-corrected chi connectivity index (χ0v) is 13.2. The molecule has 0 aromatic rings. The third-order valence-corrected chi connectivity index (χ3v) is 3.85. The number of hydrogen-bond acceptors (Lipinski definition) is 5. The summed E-state index contributed by atoms with van der Waals surface area (Å²) in [5.41, 5.74) is 5.93. The molecule has 0 rings (SSSR count). The summed E-state index contributed by atoms with van der Waals surface area (Å²) < 4.78 is 10.5. The number of methoxy groups -OCH3 is 2. The van der Waals surface area contributed by atoms with Crippen LogP contribution in [0.15, 0.2) is 0 Å². The van der Waals surface area contributed by atoms with Crippen molar-refractivity contribution in [3.63, 3.8) is 0 Å². The first-order valence-electron chi connectivity index (χ1n) is 6.63. The van der Waals surface area contributed by atoms with Gasteiger partial charge in [-0.2, -0.15) is 11.8 Å². The van der Waals surface area contributed by atoms with Crippen LogP contribution in [0.2, 0.25) is 0 Å². The predicted molar refractivity (Wildman–Crippen MR) is 80.4 cm³/mol. The van der Waals surface area contributed by atoms with Crippen LogP contribution in [0.25, 0.3) is 0 Å². The molecule has 0 aliphatic rings. The number of ether oxygens (including phenoxy) is 2. The molecular formula is C13H30N2O2S. The summed E-state index contributed by atoms with van der Waals surface area (Å²) in [5.74, 6) is 1.20. The SMILES string of the molecule is COCCN(C(C)COC)C(CN)CCCSC. The van der Waals surface area contributed by atoms with Gasteiger partial charge in [0.1, 0.15) is 0 Å². The van der Waals surface area contributed by atoms with Gasteiger partial charge in [-0.1, -0.05) is 0 Å². The first-order valence-corrected chi connectivity index (χ1v) is 8.03. The smallest absolute Gasteiger partial charge is 0.0615 e. The van der Waals surface area contributed by atoms with Gasteiger partial charge >= 0.3 is 0 Å². The van der Waals surface area contributed by atoms with Crippen LogP contribution in [0.3, 0.4) is 0 Å². The third kappa shape index (κ3) is 7.59. The van der Waals surface area contributed by atoms with Crippen LogP contribution >= 0.6 is 11.8 Å². The highest BCUT2D eigenvalue weighted by Gasteiger charge is 2.21. The van der Waals surface area contributed by atoms with Crippen molar-refractivity contribution in [3.05, 3.63) is 0 Å². The lowest BCUT2D eigenvalue weighted by atomic mass is 10.1. The van der Waals surface area contributed by atoms with E-state index in [1.54, 1.807) is 14.2 Å². The van der Waals surface area contributed by atoms with E-state index in [0.717, 1.165) is 26.2 Å². The first kappa shape index (κ1) is 18.2. The summed E-state index contributed by atoms with van der Waals surface area (Å²) in [7, 11) is 3.49. The molecule has 0 saturated carbocycles. The van der Waals surface area contributed by atoms with Crippen LogP contribution in [0.5, 0.6) is 0 Å². The average molecular weight is 278 g/mol. The highest BCUT2D eigenvalue weighted by molar-refractivity contribution is 7.98. The number of rotatable bonds is 12. The normalized spacial score (nSPS) is 15.0. The molecule has 0 aromatic heterocycles. The monoisotopic (exact) mass is 278 g/mol. The van der Waals surface area contributed by atoms with Gasteiger partial charge in [0.15, 0.2) is 0 Å². The van der Waals surface area contributed by atoms with Crippen molar-refractivity contribution < 1.29 is 9.47 Å². The van der Waals surface area contributed by atoms with Crippen molar-refractivity contribution in [1.29, 1.82) is 0 Å². The van der Waals surface area contributed by atoms with E-state index < -0.39 is 0 Å². The van der Waals surface area contributed by atoms with Gasteiger partial charge in [-0.25, -0.2) is 0 Å². The number of nitrogens with two attached hydrogens (primary N) is 1. The molecule has 2 atom stereocenters. The lowest BCUT2D eigenvalue weighted by molar-refractivity contribution is 0.0465. The summed E-state index contributed by atoms with van der Waals surface area (Å²) in [5, 5.41) is 0. The van der Waals surface area contributed by atoms with Crippen molar-refractivity contribution in [3.8, 4) is 0 Å². The van der Waals surface area contributed by atoms with Gasteiger partial charge in [-0.15, -0.1) is 0 Å². The van der Waals surface area contributed by atoms with Gasteiger partial charge in [-0.3, -0.25) is 4.90 Å². The van der Waals surface area contributed by atoms with E-state index in [-0.39, 0.29) is 0 Å². The molecule has 0 aromatic carbocycles. The Kier molecular flexibility index (Phi) is 12.4. The Labute approximate surface area is 117 Å². The molecule has 0 aliphatic heterocycles. The van der Waals surface area contributed by atoms with Crippen LogP contribution in [0.1, 0.15) is 19.8 Å². The Hall–Kier alpha value is 0.190. The molecule has 0 heterocycles.